The van der Waals surface area contributed by atoms with Crippen LogP contribution in [0.3, 0.4) is 0 Å². The molecule has 1 aliphatic rings. The van der Waals surface area contributed by atoms with E-state index in [-0.39, 0.29) is 12.1 Å². The van der Waals surface area contributed by atoms with Gasteiger partial charge >= 0.3 is 0 Å². The number of likely N-dealkylation sites (tertiary alicyclic amines) is 1. The zero-order valence-electron chi connectivity index (χ0n) is 10.9. The lowest BCUT2D eigenvalue weighted by molar-refractivity contribution is 0.122. The van der Waals surface area contributed by atoms with E-state index >= 15 is 0 Å². The van der Waals surface area contributed by atoms with Gasteiger partial charge in [-0.2, -0.15) is 0 Å². The van der Waals surface area contributed by atoms with Crippen molar-refractivity contribution in [3.63, 3.8) is 0 Å². The number of hydrogen-bond acceptors (Lipinski definition) is 2. The molecule has 2 N–H and O–H groups in total. The Labute approximate surface area is 107 Å². The van der Waals surface area contributed by atoms with E-state index in [0.717, 1.165) is 25.6 Å². The van der Waals surface area contributed by atoms with Crippen molar-refractivity contribution < 1.29 is 8.78 Å². The van der Waals surface area contributed by atoms with Crippen molar-refractivity contribution in [3.05, 3.63) is 35.4 Å². The first-order valence-electron chi connectivity index (χ1n) is 6.43. The first-order chi connectivity index (χ1) is 8.49. The van der Waals surface area contributed by atoms with Crippen molar-refractivity contribution in [2.75, 3.05) is 13.1 Å². The van der Waals surface area contributed by atoms with Crippen molar-refractivity contribution >= 4 is 0 Å². The number of piperidine rings is 1. The molecule has 0 amide bonds. The monoisotopic (exact) mass is 254 g/mol. The van der Waals surface area contributed by atoms with Crippen molar-refractivity contribution in [1.82, 2.24) is 4.90 Å². The molecule has 0 aliphatic carbocycles. The smallest absolute Gasteiger partial charge is 0.130 e. The van der Waals surface area contributed by atoms with Gasteiger partial charge in [-0.1, -0.05) is 13.0 Å². The minimum atomic E-state index is -0.530. The molecule has 2 rings (SSSR count). The average Bonchev–Trinajstić information content (AvgIpc) is 2.32. The third kappa shape index (κ3) is 2.70. The molecule has 0 saturated carbocycles. The lowest BCUT2D eigenvalue weighted by Crippen LogP contribution is -2.46. The van der Waals surface area contributed by atoms with Crippen molar-refractivity contribution in [3.8, 4) is 0 Å². The third-order valence-corrected chi connectivity index (χ3v) is 3.96. The van der Waals surface area contributed by atoms with Crippen LogP contribution < -0.4 is 5.73 Å². The third-order valence-electron chi connectivity index (χ3n) is 3.96. The Kier molecular flexibility index (Phi) is 3.97. The van der Waals surface area contributed by atoms with Crippen LogP contribution in [0.5, 0.6) is 0 Å². The highest BCUT2D eigenvalue weighted by Gasteiger charge is 2.27. The predicted octanol–water partition coefficient (Wildman–Crippen LogP) is 2.69. The van der Waals surface area contributed by atoms with Gasteiger partial charge in [0.2, 0.25) is 0 Å². The highest BCUT2D eigenvalue weighted by molar-refractivity contribution is 5.22. The molecule has 0 spiro atoms. The molecule has 2 nitrogen and oxygen atoms in total. The second kappa shape index (κ2) is 5.33. The number of nitrogens with zero attached hydrogens (tertiary/aromatic N) is 1. The molecule has 1 saturated heterocycles. The first-order valence-corrected chi connectivity index (χ1v) is 6.43. The van der Waals surface area contributed by atoms with Gasteiger partial charge in [-0.05, 0) is 25.3 Å². The fourth-order valence-electron chi connectivity index (χ4n) is 2.58. The Hall–Kier alpha value is -1.00. The molecule has 1 aliphatic heterocycles. The van der Waals surface area contributed by atoms with Gasteiger partial charge in [0.15, 0.2) is 0 Å². The number of nitrogens with two attached hydrogens (primary N) is 1. The maximum atomic E-state index is 13.7. The van der Waals surface area contributed by atoms with Crippen LogP contribution in [0.1, 0.15) is 31.9 Å². The van der Waals surface area contributed by atoms with E-state index in [1.54, 1.807) is 0 Å². The molecule has 3 unspecified atom stereocenters. The molecule has 4 heteroatoms. The lowest BCUT2D eigenvalue weighted by Gasteiger charge is -2.38. The Bertz CT molecular complexity index is 422. The van der Waals surface area contributed by atoms with Crippen LogP contribution >= 0.6 is 0 Å². The molecular weight excluding hydrogens is 234 g/mol. The number of halogens is 2. The van der Waals surface area contributed by atoms with Gasteiger partial charge in [-0.25, -0.2) is 8.78 Å². The Balaban J connectivity index is 2.13. The Morgan fingerprint density at radius 2 is 2.11 bits per heavy atom. The molecule has 1 heterocycles. The van der Waals surface area contributed by atoms with E-state index in [9.17, 15) is 8.78 Å². The number of benzene rings is 1. The maximum Gasteiger partial charge on any atom is 0.130 e. The molecule has 0 bridgehead atoms. The predicted molar refractivity (Wildman–Crippen MR) is 68.1 cm³/mol. The van der Waals surface area contributed by atoms with Gasteiger partial charge in [0.25, 0.3) is 0 Å². The molecule has 0 aromatic heterocycles. The van der Waals surface area contributed by atoms with E-state index < -0.39 is 11.6 Å². The van der Waals surface area contributed by atoms with E-state index in [2.05, 4.69) is 11.8 Å². The quantitative estimate of drug-likeness (QED) is 0.879. The zero-order chi connectivity index (χ0) is 13.3. The molecule has 18 heavy (non-hydrogen) atoms. The molecule has 100 valence electrons. The Morgan fingerprint density at radius 3 is 2.72 bits per heavy atom. The summed E-state index contributed by atoms with van der Waals surface area (Å²) in [5.41, 5.74) is 6.53. The fourth-order valence-corrected chi connectivity index (χ4v) is 2.58. The van der Waals surface area contributed by atoms with Crippen LogP contribution in [0.2, 0.25) is 0 Å². The summed E-state index contributed by atoms with van der Waals surface area (Å²) >= 11 is 0. The van der Waals surface area contributed by atoms with Crippen LogP contribution in [0.4, 0.5) is 8.78 Å². The minimum Gasteiger partial charge on any atom is -0.327 e. The summed E-state index contributed by atoms with van der Waals surface area (Å²) in [6.07, 6.45) is 0.925. The van der Waals surface area contributed by atoms with E-state index in [0.29, 0.717) is 11.5 Å². The van der Waals surface area contributed by atoms with Gasteiger partial charge in [-0.15, -0.1) is 0 Å². The summed E-state index contributed by atoms with van der Waals surface area (Å²) in [4.78, 5) is 2.21. The lowest BCUT2D eigenvalue weighted by atomic mass is 9.92. The summed E-state index contributed by atoms with van der Waals surface area (Å²) < 4.78 is 26.6. The van der Waals surface area contributed by atoms with Crippen LogP contribution in [0.25, 0.3) is 0 Å². The molecule has 1 aromatic rings. The normalized spacial score (nSPS) is 27.2. The second-order valence-electron chi connectivity index (χ2n) is 5.27. The van der Waals surface area contributed by atoms with Crippen molar-refractivity contribution in [2.45, 2.75) is 32.4 Å². The standard InChI is InChI=1S/C14H20F2N2/c1-9-8-18(6-5-14(9)17)10(2)12-4-3-11(15)7-13(12)16/h3-4,7,9-10,14H,5-6,8,17H2,1-2H3. The van der Waals surface area contributed by atoms with Crippen LogP contribution in [0.15, 0.2) is 18.2 Å². The van der Waals surface area contributed by atoms with Gasteiger partial charge < -0.3 is 5.73 Å². The maximum absolute atomic E-state index is 13.7. The summed E-state index contributed by atoms with van der Waals surface area (Å²) in [5, 5.41) is 0. The SMILES string of the molecule is CC1CN(C(C)c2ccc(F)cc2F)CCC1N. The molecule has 3 atom stereocenters. The highest BCUT2D eigenvalue weighted by Crippen LogP contribution is 2.27. The van der Waals surface area contributed by atoms with E-state index in [1.165, 1.54) is 12.1 Å². The summed E-state index contributed by atoms with van der Waals surface area (Å²) in [5.74, 6) is -0.591. The molecule has 1 fully saturated rings. The van der Waals surface area contributed by atoms with Gasteiger partial charge in [0.05, 0.1) is 0 Å². The number of rotatable bonds is 2. The minimum absolute atomic E-state index is 0.0412. The van der Waals surface area contributed by atoms with Crippen LogP contribution in [-0.2, 0) is 0 Å². The molecule has 0 radical (unpaired) electrons. The summed E-state index contributed by atoms with van der Waals surface area (Å²) in [6, 6.07) is 3.99. The highest BCUT2D eigenvalue weighted by atomic mass is 19.1. The van der Waals surface area contributed by atoms with E-state index in [1.807, 2.05) is 6.92 Å². The van der Waals surface area contributed by atoms with Crippen molar-refractivity contribution in [1.29, 1.82) is 0 Å². The summed E-state index contributed by atoms with van der Waals surface area (Å²) in [6.45, 7) is 5.80. The summed E-state index contributed by atoms with van der Waals surface area (Å²) in [7, 11) is 0. The van der Waals surface area contributed by atoms with Crippen LogP contribution in [0, 0.1) is 17.6 Å². The van der Waals surface area contributed by atoms with E-state index in [4.69, 9.17) is 5.73 Å². The van der Waals surface area contributed by atoms with Gasteiger partial charge in [-0.3, -0.25) is 4.90 Å². The molecular formula is C14H20F2N2. The Morgan fingerprint density at radius 1 is 1.39 bits per heavy atom. The topological polar surface area (TPSA) is 29.3 Å². The second-order valence-corrected chi connectivity index (χ2v) is 5.27. The largest absolute Gasteiger partial charge is 0.327 e. The van der Waals surface area contributed by atoms with Gasteiger partial charge in [0, 0.05) is 36.8 Å². The van der Waals surface area contributed by atoms with Gasteiger partial charge in [0.1, 0.15) is 11.6 Å². The zero-order valence-corrected chi connectivity index (χ0v) is 10.9. The fraction of sp³-hybridized carbons (Fsp3) is 0.571. The average molecular weight is 254 g/mol. The first kappa shape index (κ1) is 13.4. The number of hydrogen-bond donors (Lipinski definition) is 1. The molecule has 1 aromatic carbocycles. The van der Waals surface area contributed by atoms with Crippen molar-refractivity contribution in [2.24, 2.45) is 11.7 Å². The van der Waals surface area contributed by atoms with Crippen LogP contribution in [-0.4, -0.2) is 24.0 Å².